The standard InChI is InChI=1S/C29H40ClN5O5/c1-38-26-16-24(31)23(30)15-22(26)28(36)34-25-9-13-35(18-27(25)39-2)14-12-33-17-19-3-5-20(6-4-19)29(37)40-21-7-10-32-11-8-21/h3-6,15-16,21,25,27,32-33H,7-14,17-18,31H2,1-2H3,(H,34,36)/t25-,27+/m1/s1. The number of anilines is 1. The zero-order chi connectivity index (χ0) is 28.5. The van der Waals surface area contributed by atoms with Crippen LogP contribution in [0, 0.1) is 0 Å². The monoisotopic (exact) mass is 573 g/mol. The molecule has 2 aromatic rings. The summed E-state index contributed by atoms with van der Waals surface area (Å²) in [4.78, 5) is 27.7. The summed E-state index contributed by atoms with van der Waals surface area (Å²) in [5.41, 5.74) is 8.23. The van der Waals surface area contributed by atoms with Crippen LogP contribution in [0.15, 0.2) is 36.4 Å². The van der Waals surface area contributed by atoms with E-state index >= 15 is 0 Å². The molecule has 0 unspecified atom stereocenters. The van der Waals surface area contributed by atoms with Gasteiger partial charge in [-0.05, 0) is 56.1 Å². The number of nitrogens with two attached hydrogens (primary N) is 1. The Morgan fingerprint density at radius 3 is 2.58 bits per heavy atom. The van der Waals surface area contributed by atoms with Crippen LogP contribution in [-0.2, 0) is 16.0 Å². The largest absolute Gasteiger partial charge is 0.496 e. The Balaban J connectivity index is 1.19. The molecule has 2 aliphatic heterocycles. The number of amides is 1. The third-order valence-electron chi connectivity index (χ3n) is 7.51. The van der Waals surface area contributed by atoms with E-state index in [-0.39, 0.29) is 30.1 Å². The van der Waals surface area contributed by atoms with Gasteiger partial charge in [-0.15, -0.1) is 0 Å². The number of piperidine rings is 2. The highest BCUT2D eigenvalue weighted by Crippen LogP contribution is 2.29. The average Bonchev–Trinajstić information content (AvgIpc) is 2.97. The summed E-state index contributed by atoms with van der Waals surface area (Å²) >= 11 is 6.14. The molecule has 0 spiro atoms. The molecule has 0 aliphatic carbocycles. The van der Waals surface area contributed by atoms with Crippen molar-refractivity contribution in [1.29, 1.82) is 0 Å². The van der Waals surface area contributed by atoms with Crippen LogP contribution in [0.2, 0.25) is 5.02 Å². The Hall–Kier alpha value is -2.89. The van der Waals surface area contributed by atoms with Gasteiger partial charge in [-0.3, -0.25) is 9.69 Å². The Morgan fingerprint density at radius 2 is 1.88 bits per heavy atom. The van der Waals surface area contributed by atoms with Gasteiger partial charge in [-0.2, -0.15) is 0 Å². The van der Waals surface area contributed by atoms with Crippen molar-refractivity contribution >= 4 is 29.2 Å². The Kier molecular flexibility index (Phi) is 11.0. The lowest BCUT2D eigenvalue weighted by atomic mass is 10.0. The Morgan fingerprint density at radius 1 is 1.12 bits per heavy atom. The zero-order valence-electron chi connectivity index (χ0n) is 23.2. The summed E-state index contributed by atoms with van der Waals surface area (Å²) in [5.74, 6) is -0.148. The fraction of sp³-hybridized carbons (Fsp3) is 0.517. The number of ether oxygens (including phenoxy) is 3. The molecule has 5 N–H and O–H groups in total. The third kappa shape index (κ3) is 8.08. The predicted octanol–water partition coefficient (Wildman–Crippen LogP) is 2.45. The van der Waals surface area contributed by atoms with Crippen molar-refractivity contribution in [2.24, 2.45) is 0 Å². The number of rotatable bonds is 11. The second-order valence-electron chi connectivity index (χ2n) is 10.2. The molecular weight excluding hydrogens is 534 g/mol. The number of benzene rings is 2. The van der Waals surface area contributed by atoms with Crippen LogP contribution in [0.5, 0.6) is 5.75 Å². The summed E-state index contributed by atoms with van der Waals surface area (Å²) in [6.07, 6.45) is 2.33. The zero-order valence-corrected chi connectivity index (χ0v) is 24.0. The maximum atomic E-state index is 13.0. The van der Waals surface area contributed by atoms with Crippen molar-refractivity contribution in [2.75, 3.05) is 59.2 Å². The maximum Gasteiger partial charge on any atom is 0.338 e. The lowest BCUT2D eigenvalue weighted by Crippen LogP contribution is -2.55. The Bertz CT molecular complexity index is 1140. The van der Waals surface area contributed by atoms with Crippen LogP contribution in [0.4, 0.5) is 5.69 Å². The minimum absolute atomic E-state index is 0.000440. The van der Waals surface area contributed by atoms with Gasteiger partial charge in [0.15, 0.2) is 0 Å². The van der Waals surface area contributed by atoms with Gasteiger partial charge in [0.25, 0.3) is 5.91 Å². The first kappa shape index (κ1) is 30.1. The second-order valence-corrected chi connectivity index (χ2v) is 10.7. The number of nitrogens with one attached hydrogen (secondary N) is 3. The topological polar surface area (TPSA) is 127 Å². The van der Waals surface area contributed by atoms with Crippen molar-refractivity contribution in [3.05, 3.63) is 58.1 Å². The number of hydrogen-bond acceptors (Lipinski definition) is 9. The number of likely N-dealkylation sites (tertiary alicyclic amines) is 1. The molecule has 0 radical (unpaired) electrons. The van der Waals surface area contributed by atoms with Gasteiger partial charge in [0.2, 0.25) is 0 Å². The van der Waals surface area contributed by atoms with Crippen molar-refractivity contribution in [2.45, 2.75) is 44.1 Å². The predicted molar refractivity (Wildman–Crippen MR) is 155 cm³/mol. The van der Waals surface area contributed by atoms with Crippen LogP contribution in [0.3, 0.4) is 0 Å². The van der Waals surface area contributed by atoms with Gasteiger partial charge in [-0.1, -0.05) is 23.7 Å². The van der Waals surface area contributed by atoms with E-state index in [0.717, 1.165) is 57.5 Å². The highest BCUT2D eigenvalue weighted by Gasteiger charge is 2.31. The van der Waals surface area contributed by atoms with E-state index in [1.807, 2.05) is 24.3 Å². The lowest BCUT2D eigenvalue weighted by molar-refractivity contribution is 0.00677. The van der Waals surface area contributed by atoms with Crippen molar-refractivity contribution in [3.8, 4) is 5.75 Å². The summed E-state index contributed by atoms with van der Waals surface area (Å²) in [7, 11) is 3.16. The van der Waals surface area contributed by atoms with Crippen molar-refractivity contribution in [1.82, 2.24) is 20.9 Å². The summed E-state index contributed by atoms with van der Waals surface area (Å²) in [6.45, 7) is 5.67. The van der Waals surface area contributed by atoms with E-state index in [9.17, 15) is 9.59 Å². The minimum Gasteiger partial charge on any atom is -0.496 e. The van der Waals surface area contributed by atoms with Gasteiger partial charge in [0.1, 0.15) is 11.9 Å². The van der Waals surface area contributed by atoms with Gasteiger partial charge >= 0.3 is 5.97 Å². The molecule has 4 rings (SSSR count). The number of esters is 1. The van der Waals surface area contributed by atoms with E-state index in [4.69, 9.17) is 31.5 Å². The molecule has 2 atom stereocenters. The quantitative estimate of drug-likeness (QED) is 0.182. The maximum absolute atomic E-state index is 13.0. The summed E-state index contributed by atoms with van der Waals surface area (Å²) < 4.78 is 16.7. The smallest absolute Gasteiger partial charge is 0.338 e. The van der Waals surface area contributed by atoms with Crippen molar-refractivity contribution in [3.63, 3.8) is 0 Å². The molecule has 11 heteroatoms. The van der Waals surface area contributed by atoms with Crippen molar-refractivity contribution < 1.29 is 23.8 Å². The number of nitrogens with zero attached hydrogens (tertiary/aromatic N) is 1. The molecule has 40 heavy (non-hydrogen) atoms. The van der Waals surface area contributed by atoms with Gasteiger partial charge in [0.05, 0.1) is 41.1 Å². The number of methoxy groups -OCH3 is 2. The van der Waals surface area contributed by atoms with E-state index in [1.165, 1.54) is 13.2 Å². The van der Waals surface area contributed by atoms with E-state index in [1.54, 1.807) is 13.2 Å². The molecule has 2 aromatic carbocycles. The number of carbonyl (C=O) groups excluding carboxylic acids is 2. The molecule has 0 saturated carbocycles. The number of nitrogen functional groups attached to an aromatic ring is 1. The molecule has 2 aliphatic rings. The Labute approximate surface area is 240 Å². The van der Waals surface area contributed by atoms with E-state index < -0.39 is 0 Å². The molecule has 0 bridgehead atoms. The molecule has 0 aromatic heterocycles. The number of carbonyl (C=O) groups is 2. The fourth-order valence-electron chi connectivity index (χ4n) is 5.11. The SMILES string of the molecule is COc1cc(N)c(Cl)cc1C(=O)N[C@@H]1CCN(CCNCc2ccc(C(=O)OC3CCNCC3)cc2)C[C@@H]1OC. The first-order chi connectivity index (χ1) is 19.4. The van der Waals surface area contributed by atoms with Gasteiger partial charge < -0.3 is 35.9 Å². The summed E-state index contributed by atoms with van der Waals surface area (Å²) in [6, 6.07) is 10.5. The molecule has 1 amide bonds. The van der Waals surface area contributed by atoms with Crippen LogP contribution < -0.4 is 26.4 Å². The van der Waals surface area contributed by atoms with Gasteiger partial charge in [-0.25, -0.2) is 4.79 Å². The van der Waals surface area contributed by atoms with Crippen LogP contribution in [0.25, 0.3) is 0 Å². The van der Waals surface area contributed by atoms with E-state index in [0.29, 0.717) is 40.7 Å². The first-order valence-electron chi connectivity index (χ1n) is 13.8. The minimum atomic E-state index is -0.272. The first-order valence-corrected chi connectivity index (χ1v) is 14.2. The highest BCUT2D eigenvalue weighted by molar-refractivity contribution is 6.33. The molecule has 2 fully saturated rings. The average molecular weight is 574 g/mol. The molecule has 218 valence electrons. The lowest BCUT2D eigenvalue weighted by Gasteiger charge is -2.38. The normalized spacial score (nSPS) is 20.2. The highest BCUT2D eigenvalue weighted by atomic mass is 35.5. The number of halogens is 1. The van der Waals surface area contributed by atoms with E-state index in [2.05, 4.69) is 20.9 Å². The molecular formula is C29H40ClN5O5. The fourth-order valence-corrected chi connectivity index (χ4v) is 5.27. The third-order valence-corrected chi connectivity index (χ3v) is 7.84. The number of hydrogen-bond donors (Lipinski definition) is 4. The molecule has 2 heterocycles. The molecule has 2 saturated heterocycles. The van der Waals surface area contributed by atoms with Crippen LogP contribution >= 0.6 is 11.6 Å². The second kappa shape index (κ2) is 14.7. The van der Waals surface area contributed by atoms with Crippen LogP contribution in [-0.4, -0.2) is 88.5 Å². The van der Waals surface area contributed by atoms with Crippen LogP contribution in [0.1, 0.15) is 45.5 Å². The molecule has 10 nitrogen and oxygen atoms in total. The summed E-state index contributed by atoms with van der Waals surface area (Å²) in [5, 5.41) is 10.1. The van der Waals surface area contributed by atoms with Gasteiger partial charge in [0, 0.05) is 45.9 Å².